The van der Waals surface area contributed by atoms with Gasteiger partial charge in [0.1, 0.15) is 5.75 Å². The van der Waals surface area contributed by atoms with Gasteiger partial charge in [0.2, 0.25) is 11.4 Å². The molecule has 0 amide bonds. The van der Waals surface area contributed by atoms with Crippen LogP contribution in [0.4, 0.5) is 0 Å². The Hall–Kier alpha value is -2.61. The monoisotopic (exact) mass is 284 g/mol. The molecule has 2 heterocycles. The lowest BCUT2D eigenvalue weighted by molar-refractivity contribution is -0.707. The van der Waals surface area contributed by atoms with Crippen LogP contribution in [-0.2, 0) is 19.6 Å². The van der Waals surface area contributed by atoms with E-state index in [1.165, 1.54) is 44.8 Å². The Balaban J connectivity index is 1.75. The van der Waals surface area contributed by atoms with E-state index in [9.17, 15) is 0 Å². The van der Waals surface area contributed by atoms with Crippen LogP contribution in [-0.4, -0.2) is 0 Å². The maximum atomic E-state index is 6.07. The highest BCUT2D eigenvalue weighted by Crippen LogP contribution is 2.46. The number of pyridine rings is 1. The van der Waals surface area contributed by atoms with Crippen molar-refractivity contribution >= 4 is 0 Å². The van der Waals surface area contributed by atoms with Crippen molar-refractivity contribution in [1.29, 1.82) is 0 Å². The number of nitrogens with zero attached hydrogens (tertiary/aromatic N) is 1. The normalized spacial score (nSPS) is 15.1. The van der Waals surface area contributed by atoms with E-state index in [1.807, 2.05) is 0 Å². The van der Waals surface area contributed by atoms with Crippen LogP contribution >= 0.6 is 0 Å². The van der Waals surface area contributed by atoms with Crippen LogP contribution in [0, 0.1) is 0 Å². The summed E-state index contributed by atoms with van der Waals surface area (Å²) in [5.74, 6) is 1.04. The zero-order valence-electron chi connectivity index (χ0n) is 12.1. The van der Waals surface area contributed by atoms with Crippen molar-refractivity contribution in [3.05, 3.63) is 70.8 Å². The molecule has 2 nitrogen and oxygen atoms in total. The lowest BCUT2D eigenvalue weighted by Crippen LogP contribution is -2.44. The summed E-state index contributed by atoms with van der Waals surface area (Å²) in [6.45, 7) is 0.621. The van der Waals surface area contributed by atoms with Crippen LogP contribution in [0.15, 0.2) is 48.5 Å². The summed E-state index contributed by atoms with van der Waals surface area (Å²) in [4.78, 5) is 0. The van der Waals surface area contributed by atoms with Gasteiger partial charge in [0, 0.05) is 24.0 Å². The highest BCUT2D eigenvalue weighted by Gasteiger charge is 2.40. The Morgan fingerprint density at radius 1 is 0.773 bits per heavy atom. The fraction of sp³-hybridized carbons (Fsp3) is 0.150. The number of ether oxygens (including phenoxy) is 1. The van der Waals surface area contributed by atoms with Crippen LogP contribution in [0.25, 0.3) is 22.5 Å². The van der Waals surface area contributed by atoms with Crippen molar-refractivity contribution in [2.75, 3.05) is 0 Å². The van der Waals surface area contributed by atoms with Crippen molar-refractivity contribution in [2.45, 2.75) is 19.6 Å². The molecule has 2 heteroatoms. The predicted octanol–water partition coefficient (Wildman–Crippen LogP) is 3.47. The maximum Gasteiger partial charge on any atom is 0.293 e. The van der Waals surface area contributed by atoms with E-state index in [0.717, 1.165) is 18.6 Å². The second kappa shape index (κ2) is 3.58. The van der Waals surface area contributed by atoms with E-state index in [-0.39, 0.29) is 0 Å². The number of aromatic nitrogens is 1. The number of hydrogen-bond acceptors (Lipinski definition) is 1. The first-order valence-corrected chi connectivity index (χ1v) is 7.82. The molecule has 2 aromatic carbocycles. The van der Waals surface area contributed by atoms with Gasteiger partial charge in [-0.3, -0.25) is 0 Å². The van der Waals surface area contributed by atoms with E-state index >= 15 is 0 Å². The summed E-state index contributed by atoms with van der Waals surface area (Å²) >= 11 is 0. The Kier molecular flexibility index (Phi) is 1.80. The average molecular weight is 284 g/mol. The lowest BCUT2D eigenvalue weighted by Gasteiger charge is -2.17. The van der Waals surface area contributed by atoms with Gasteiger partial charge in [0.15, 0.2) is 0 Å². The topological polar surface area (TPSA) is 13.1 Å². The molecule has 0 spiro atoms. The predicted molar refractivity (Wildman–Crippen MR) is 83.7 cm³/mol. The van der Waals surface area contributed by atoms with E-state index in [0.29, 0.717) is 6.73 Å². The fourth-order valence-corrected chi connectivity index (χ4v) is 4.38. The third-order valence-electron chi connectivity index (χ3n) is 5.23. The molecular formula is C20H14NO+. The minimum absolute atomic E-state index is 0.621. The minimum Gasteiger partial charge on any atom is -0.435 e. The molecule has 1 aliphatic heterocycles. The van der Waals surface area contributed by atoms with Crippen LogP contribution in [0.5, 0.6) is 5.75 Å². The molecule has 0 saturated carbocycles. The number of benzene rings is 2. The molecule has 2 aliphatic carbocycles. The molecular weight excluding hydrogens is 270 g/mol. The third kappa shape index (κ3) is 1.16. The van der Waals surface area contributed by atoms with Gasteiger partial charge >= 0.3 is 0 Å². The second-order valence-electron chi connectivity index (χ2n) is 6.39. The molecule has 0 fully saturated rings. The van der Waals surface area contributed by atoms with E-state index in [4.69, 9.17) is 4.74 Å². The van der Waals surface area contributed by atoms with Crippen LogP contribution in [0.1, 0.15) is 22.3 Å². The second-order valence-corrected chi connectivity index (χ2v) is 6.39. The molecule has 3 aliphatic rings. The highest BCUT2D eigenvalue weighted by atomic mass is 16.5. The molecule has 0 saturated heterocycles. The Morgan fingerprint density at radius 3 is 2.59 bits per heavy atom. The number of fused-ring (bicyclic) bond motifs is 4. The first kappa shape index (κ1) is 11.0. The molecule has 22 heavy (non-hydrogen) atoms. The van der Waals surface area contributed by atoms with E-state index < -0.39 is 0 Å². The largest absolute Gasteiger partial charge is 0.435 e. The SMILES string of the molecule is c1ccc2c(c1)Cc1cc3c4[n+](c1-2)COc1cccc(c1-4)C3. The summed E-state index contributed by atoms with van der Waals surface area (Å²) in [6.07, 6.45) is 2.08. The molecule has 0 atom stereocenters. The minimum atomic E-state index is 0.621. The highest BCUT2D eigenvalue weighted by molar-refractivity contribution is 5.81. The quantitative estimate of drug-likeness (QED) is 0.397. The van der Waals surface area contributed by atoms with Gasteiger partial charge in [-0.1, -0.05) is 30.3 Å². The molecule has 1 aromatic heterocycles. The molecule has 0 N–H and O–H groups in total. The first-order chi connectivity index (χ1) is 10.9. The zero-order valence-corrected chi connectivity index (χ0v) is 12.1. The van der Waals surface area contributed by atoms with Crippen molar-refractivity contribution in [3.8, 4) is 28.3 Å². The first-order valence-electron chi connectivity index (χ1n) is 7.82. The standard InChI is InChI=1S/C20H14NO/c1-2-6-16-12(4-1)8-14-10-15-9-13-5-3-7-17-18(13)20(15)21(11-22-17)19(14)16/h1-7,10H,8-9,11H2/q+1. The van der Waals surface area contributed by atoms with Crippen LogP contribution in [0.3, 0.4) is 0 Å². The fourth-order valence-electron chi connectivity index (χ4n) is 4.38. The Bertz CT molecular complexity index is 973. The van der Waals surface area contributed by atoms with Crippen LogP contribution in [0.2, 0.25) is 0 Å². The van der Waals surface area contributed by atoms with E-state index in [1.54, 1.807) is 0 Å². The summed E-state index contributed by atoms with van der Waals surface area (Å²) in [5.41, 5.74) is 11.2. The third-order valence-corrected chi connectivity index (χ3v) is 5.23. The van der Waals surface area contributed by atoms with Crippen molar-refractivity contribution in [3.63, 3.8) is 0 Å². The van der Waals surface area contributed by atoms with Gasteiger partial charge in [0.25, 0.3) is 6.73 Å². The Morgan fingerprint density at radius 2 is 1.59 bits per heavy atom. The smallest absolute Gasteiger partial charge is 0.293 e. The molecule has 0 unspecified atom stereocenters. The van der Waals surface area contributed by atoms with Crippen molar-refractivity contribution < 1.29 is 9.30 Å². The van der Waals surface area contributed by atoms with Gasteiger partial charge < -0.3 is 4.74 Å². The van der Waals surface area contributed by atoms with Crippen molar-refractivity contribution in [1.82, 2.24) is 0 Å². The molecule has 0 bridgehead atoms. The maximum absolute atomic E-state index is 6.07. The van der Waals surface area contributed by atoms with E-state index in [2.05, 4.69) is 53.1 Å². The van der Waals surface area contributed by atoms with Crippen molar-refractivity contribution in [2.24, 2.45) is 0 Å². The lowest BCUT2D eigenvalue weighted by atomic mass is 10.0. The number of rotatable bonds is 0. The molecule has 6 rings (SSSR count). The molecule has 3 aromatic rings. The summed E-state index contributed by atoms with van der Waals surface area (Å²) < 4.78 is 8.47. The van der Waals surface area contributed by atoms with Gasteiger partial charge in [-0.15, -0.1) is 0 Å². The van der Waals surface area contributed by atoms with Gasteiger partial charge in [0.05, 0.1) is 11.1 Å². The summed E-state index contributed by atoms with van der Waals surface area (Å²) in [5, 5.41) is 0. The van der Waals surface area contributed by atoms with Crippen LogP contribution < -0.4 is 9.30 Å². The zero-order chi connectivity index (χ0) is 14.3. The summed E-state index contributed by atoms with van der Waals surface area (Å²) in [7, 11) is 0. The average Bonchev–Trinajstić information content (AvgIpc) is 3.10. The van der Waals surface area contributed by atoms with Gasteiger partial charge in [-0.05, 0) is 29.3 Å². The summed E-state index contributed by atoms with van der Waals surface area (Å²) in [6, 6.07) is 17.6. The number of hydrogen-bond donors (Lipinski definition) is 0. The Labute approximate surface area is 128 Å². The van der Waals surface area contributed by atoms with Gasteiger partial charge in [-0.2, -0.15) is 4.57 Å². The van der Waals surface area contributed by atoms with Gasteiger partial charge in [-0.25, -0.2) is 0 Å². The molecule has 0 radical (unpaired) electrons. The molecule has 104 valence electrons.